The minimum absolute atomic E-state index is 0.00130. The molecule has 0 aliphatic rings. The van der Waals surface area contributed by atoms with E-state index in [0.29, 0.717) is 0 Å². The zero-order valence-corrected chi connectivity index (χ0v) is 11.8. The summed E-state index contributed by atoms with van der Waals surface area (Å²) in [4.78, 5) is 11.3. The lowest BCUT2D eigenvalue weighted by Gasteiger charge is -2.13. The lowest BCUT2D eigenvalue weighted by Crippen LogP contribution is -2.12. The van der Waals surface area contributed by atoms with Gasteiger partial charge in [0.25, 0.3) is 0 Å². The van der Waals surface area contributed by atoms with E-state index >= 15 is 0 Å². The average Bonchev–Trinajstić information content (AvgIpc) is 2.45. The average molecular weight is 312 g/mol. The molecule has 0 amide bonds. The van der Waals surface area contributed by atoms with Crippen LogP contribution < -0.4 is 4.74 Å². The van der Waals surface area contributed by atoms with Crippen LogP contribution in [0.3, 0.4) is 0 Å². The third kappa shape index (κ3) is 3.10. The van der Waals surface area contributed by atoms with Crippen molar-refractivity contribution in [2.45, 2.75) is 13.1 Å². The molecule has 0 aromatic heterocycles. The van der Waals surface area contributed by atoms with Gasteiger partial charge in [0.1, 0.15) is 11.6 Å². The van der Waals surface area contributed by atoms with E-state index in [1.807, 2.05) is 0 Å². The molecule has 2 aromatic carbocycles. The molecule has 2 nitrogen and oxygen atoms in total. The molecule has 0 aliphatic heterocycles. The first-order chi connectivity index (χ1) is 10.2. The Morgan fingerprint density at radius 1 is 1.09 bits per heavy atom. The van der Waals surface area contributed by atoms with Crippen LogP contribution in [0.25, 0.3) is 11.1 Å². The highest BCUT2D eigenvalue weighted by atomic mass is 19.4. The van der Waals surface area contributed by atoms with Crippen LogP contribution in [0, 0.1) is 5.82 Å². The summed E-state index contributed by atoms with van der Waals surface area (Å²) in [5.74, 6) is -1.14. The van der Waals surface area contributed by atoms with Crippen LogP contribution >= 0.6 is 0 Å². The van der Waals surface area contributed by atoms with Gasteiger partial charge in [0.2, 0.25) is 0 Å². The van der Waals surface area contributed by atoms with Gasteiger partial charge < -0.3 is 4.74 Å². The Morgan fingerprint density at radius 3 is 2.27 bits per heavy atom. The Kier molecular flexibility index (Phi) is 4.21. The van der Waals surface area contributed by atoms with Crippen molar-refractivity contribution in [1.82, 2.24) is 0 Å². The van der Waals surface area contributed by atoms with E-state index in [4.69, 9.17) is 4.74 Å². The van der Waals surface area contributed by atoms with Gasteiger partial charge in [-0.1, -0.05) is 12.1 Å². The van der Waals surface area contributed by atoms with Crippen LogP contribution in [0.5, 0.6) is 5.75 Å². The minimum atomic E-state index is -4.69. The number of benzene rings is 2. The van der Waals surface area contributed by atoms with Crippen molar-refractivity contribution in [3.05, 3.63) is 53.3 Å². The molecule has 0 radical (unpaired) electrons. The van der Waals surface area contributed by atoms with Gasteiger partial charge in [0.15, 0.2) is 5.78 Å². The number of hydrogen-bond acceptors (Lipinski definition) is 2. The van der Waals surface area contributed by atoms with E-state index in [-0.39, 0.29) is 16.9 Å². The Labute approximate surface area is 124 Å². The van der Waals surface area contributed by atoms with E-state index in [1.165, 1.54) is 25.3 Å². The van der Waals surface area contributed by atoms with Crippen molar-refractivity contribution in [3.63, 3.8) is 0 Å². The maximum Gasteiger partial charge on any atom is 0.417 e. The summed E-state index contributed by atoms with van der Waals surface area (Å²) in [6.45, 7) is 1.05. The zero-order valence-electron chi connectivity index (χ0n) is 11.8. The van der Waals surface area contributed by atoms with E-state index in [2.05, 4.69) is 0 Å². The maximum absolute atomic E-state index is 14.0. The standard InChI is InChI=1S/C16H12F4O2/c1-9(21)12-5-3-10(7-14(12)16(18,19)20)13-6-4-11(22-2)8-15(13)17/h3-8H,1-2H3. The van der Waals surface area contributed by atoms with Gasteiger partial charge in [0, 0.05) is 17.2 Å². The first-order valence-electron chi connectivity index (χ1n) is 6.30. The zero-order chi connectivity index (χ0) is 16.5. The number of methoxy groups -OCH3 is 1. The van der Waals surface area contributed by atoms with E-state index < -0.39 is 28.9 Å². The second-order valence-electron chi connectivity index (χ2n) is 4.66. The van der Waals surface area contributed by atoms with Gasteiger partial charge in [-0.3, -0.25) is 4.79 Å². The topological polar surface area (TPSA) is 26.3 Å². The minimum Gasteiger partial charge on any atom is -0.497 e. The third-order valence-corrected chi connectivity index (χ3v) is 3.19. The Bertz CT molecular complexity index is 721. The van der Waals surface area contributed by atoms with E-state index in [0.717, 1.165) is 25.1 Å². The molecule has 0 atom stereocenters. The molecule has 0 spiro atoms. The molecule has 0 N–H and O–H groups in total. The highest BCUT2D eigenvalue weighted by Gasteiger charge is 2.34. The Hall–Kier alpha value is -2.37. The lowest BCUT2D eigenvalue weighted by atomic mass is 9.96. The highest BCUT2D eigenvalue weighted by Crippen LogP contribution is 2.36. The number of halogens is 4. The molecule has 0 aliphatic carbocycles. The Balaban J connectivity index is 2.61. The molecule has 0 heterocycles. The first-order valence-corrected chi connectivity index (χ1v) is 6.30. The number of ether oxygens (including phenoxy) is 1. The maximum atomic E-state index is 14.0. The van der Waals surface area contributed by atoms with Crippen molar-refractivity contribution in [2.75, 3.05) is 7.11 Å². The molecule has 116 valence electrons. The second kappa shape index (κ2) is 5.79. The summed E-state index contributed by atoms with van der Waals surface area (Å²) in [7, 11) is 1.36. The molecule has 22 heavy (non-hydrogen) atoms. The molecule has 0 saturated heterocycles. The predicted octanol–water partition coefficient (Wildman–Crippen LogP) is 4.72. The van der Waals surface area contributed by atoms with Gasteiger partial charge in [-0.25, -0.2) is 4.39 Å². The van der Waals surface area contributed by atoms with Crippen LogP contribution in [0.4, 0.5) is 17.6 Å². The van der Waals surface area contributed by atoms with Gasteiger partial charge in [-0.15, -0.1) is 0 Å². The number of Topliss-reactive ketones (excluding diaryl/α,β-unsaturated/α-hetero) is 1. The molecule has 0 unspecified atom stereocenters. The first kappa shape index (κ1) is 16.0. The molecule has 6 heteroatoms. The molecule has 0 fully saturated rings. The number of alkyl halides is 3. The fourth-order valence-electron chi connectivity index (χ4n) is 2.11. The molecular formula is C16H12F4O2. The summed E-state index contributed by atoms with van der Waals surface area (Å²) in [6, 6.07) is 6.99. The van der Waals surface area contributed by atoms with Crippen LogP contribution in [0.1, 0.15) is 22.8 Å². The van der Waals surface area contributed by atoms with E-state index in [1.54, 1.807) is 0 Å². The molecule has 0 saturated carbocycles. The summed E-state index contributed by atoms with van der Waals surface area (Å²) in [6.07, 6.45) is -4.69. The quantitative estimate of drug-likeness (QED) is 0.605. The number of ketones is 1. The molecule has 2 aromatic rings. The molecule has 0 bridgehead atoms. The number of rotatable bonds is 3. The number of hydrogen-bond donors (Lipinski definition) is 0. The van der Waals surface area contributed by atoms with Crippen molar-refractivity contribution >= 4 is 5.78 Å². The summed E-state index contributed by atoms with van der Waals surface area (Å²) >= 11 is 0. The largest absolute Gasteiger partial charge is 0.497 e. The SMILES string of the molecule is COc1ccc(-c2ccc(C(C)=O)c(C(F)(F)F)c2)c(F)c1. The highest BCUT2D eigenvalue weighted by molar-refractivity contribution is 5.96. The summed E-state index contributed by atoms with van der Waals surface area (Å²) in [5.41, 5.74) is -1.48. The summed E-state index contributed by atoms with van der Waals surface area (Å²) < 4.78 is 58.0. The van der Waals surface area contributed by atoms with Crippen LogP contribution in [0.2, 0.25) is 0 Å². The van der Waals surface area contributed by atoms with Crippen LogP contribution in [0.15, 0.2) is 36.4 Å². The van der Waals surface area contributed by atoms with Gasteiger partial charge in [-0.2, -0.15) is 13.2 Å². The van der Waals surface area contributed by atoms with Crippen molar-refractivity contribution in [2.24, 2.45) is 0 Å². The lowest BCUT2D eigenvalue weighted by molar-refractivity contribution is -0.137. The normalized spacial score (nSPS) is 11.4. The number of carbonyl (C=O) groups is 1. The monoisotopic (exact) mass is 312 g/mol. The van der Waals surface area contributed by atoms with Crippen LogP contribution in [-0.4, -0.2) is 12.9 Å². The number of carbonyl (C=O) groups excluding carboxylic acids is 1. The second-order valence-corrected chi connectivity index (χ2v) is 4.66. The Morgan fingerprint density at radius 2 is 1.77 bits per heavy atom. The van der Waals surface area contributed by atoms with E-state index in [9.17, 15) is 22.4 Å². The van der Waals surface area contributed by atoms with Gasteiger partial charge in [0.05, 0.1) is 12.7 Å². The fourth-order valence-corrected chi connectivity index (χ4v) is 2.11. The predicted molar refractivity (Wildman–Crippen MR) is 73.4 cm³/mol. The molecular weight excluding hydrogens is 300 g/mol. The van der Waals surface area contributed by atoms with Crippen molar-refractivity contribution in [1.29, 1.82) is 0 Å². The molecule has 2 rings (SSSR count). The van der Waals surface area contributed by atoms with Crippen molar-refractivity contribution in [3.8, 4) is 16.9 Å². The third-order valence-electron chi connectivity index (χ3n) is 3.19. The fraction of sp³-hybridized carbons (Fsp3) is 0.188. The van der Waals surface area contributed by atoms with Crippen LogP contribution in [-0.2, 0) is 6.18 Å². The van der Waals surface area contributed by atoms with Crippen molar-refractivity contribution < 1.29 is 27.1 Å². The van der Waals surface area contributed by atoms with Gasteiger partial charge >= 0.3 is 6.18 Å². The van der Waals surface area contributed by atoms with Gasteiger partial charge in [-0.05, 0) is 30.7 Å². The summed E-state index contributed by atoms with van der Waals surface area (Å²) in [5, 5.41) is 0. The smallest absolute Gasteiger partial charge is 0.417 e.